The van der Waals surface area contributed by atoms with E-state index in [1.54, 1.807) is 18.2 Å². The van der Waals surface area contributed by atoms with Gasteiger partial charge in [-0.05, 0) is 31.3 Å². The number of likely N-dealkylation sites (N-methyl/N-ethyl adjacent to an activating group) is 1. The zero-order valence-electron chi connectivity index (χ0n) is 12.1. The molecule has 122 valence electrons. The summed E-state index contributed by atoms with van der Waals surface area (Å²) in [4.78, 5) is 1.98. The summed E-state index contributed by atoms with van der Waals surface area (Å²) in [6.07, 6.45) is -4.35. The number of hydrogen-bond donors (Lipinski definition) is 1. The summed E-state index contributed by atoms with van der Waals surface area (Å²) in [6.45, 7) is 1.83. The minimum atomic E-state index is -4.35. The van der Waals surface area contributed by atoms with Crippen LogP contribution in [0, 0.1) is 0 Å². The quantitative estimate of drug-likeness (QED) is 0.905. The highest BCUT2D eigenvalue weighted by molar-refractivity contribution is 5.85. The van der Waals surface area contributed by atoms with Gasteiger partial charge in [0.25, 0.3) is 0 Å². The minimum absolute atomic E-state index is 0. The lowest BCUT2D eigenvalue weighted by atomic mass is 10.1. The third-order valence-corrected chi connectivity index (χ3v) is 3.07. The number of furan rings is 1. The zero-order chi connectivity index (χ0) is 15.5. The highest BCUT2D eigenvalue weighted by Gasteiger charge is 2.30. The van der Waals surface area contributed by atoms with E-state index in [1.165, 1.54) is 6.07 Å². The number of benzene rings is 1. The summed E-state index contributed by atoms with van der Waals surface area (Å²) in [5.41, 5.74) is 5.19. The highest BCUT2D eigenvalue weighted by atomic mass is 35.5. The molecule has 0 unspecified atom stereocenters. The normalized spacial score (nSPS) is 11.5. The lowest BCUT2D eigenvalue weighted by Crippen LogP contribution is -2.24. The molecule has 0 aliphatic carbocycles. The second-order valence-corrected chi connectivity index (χ2v) is 4.87. The second kappa shape index (κ2) is 7.67. The molecule has 22 heavy (non-hydrogen) atoms. The first kappa shape index (κ1) is 18.5. The molecule has 2 N–H and O–H groups in total. The Labute approximate surface area is 133 Å². The van der Waals surface area contributed by atoms with Crippen molar-refractivity contribution >= 4 is 12.4 Å². The fraction of sp³-hybridized carbons (Fsp3) is 0.333. The van der Waals surface area contributed by atoms with Crippen LogP contribution in [0.15, 0.2) is 40.8 Å². The molecule has 0 saturated carbocycles. The summed E-state index contributed by atoms with van der Waals surface area (Å²) < 4.78 is 43.7. The van der Waals surface area contributed by atoms with Crippen molar-refractivity contribution < 1.29 is 17.6 Å². The number of hydrogen-bond acceptors (Lipinski definition) is 3. The minimum Gasteiger partial charge on any atom is -0.460 e. The molecule has 3 nitrogen and oxygen atoms in total. The van der Waals surface area contributed by atoms with E-state index in [1.807, 2.05) is 11.9 Å². The van der Waals surface area contributed by atoms with E-state index < -0.39 is 11.7 Å². The van der Waals surface area contributed by atoms with Gasteiger partial charge in [-0.15, -0.1) is 12.4 Å². The van der Waals surface area contributed by atoms with Crippen molar-refractivity contribution in [3.63, 3.8) is 0 Å². The Morgan fingerprint density at radius 1 is 1.18 bits per heavy atom. The van der Waals surface area contributed by atoms with Gasteiger partial charge < -0.3 is 10.2 Å². The van der Waals surface area contributed by atoms with Crippen LogP contribution < -0.4 is 5.73 Å². The average Bonchev–Trinajstić information content (AvgIpc) is 2.86. The van der Waals surface area contributed by atoms with Crippen molar-refractivity contribution in [1.82, 2.24) is 4.90 Å². The molecule has 7 heteroatoms. The largest absolute Gasteiger partial charge is 0.460 e. The predicted octanol–water partition coefficient (Wildman–Crippen LogP) is 3.78. The van der Waals surface area contributed by atoms with Crippen LogP contribution in [0.5, 0.6) is 0 Å². The molecule has 2 rings (SSSR count). The predicted molar refractivity (Wildman–Crippen MR) is 81.8 cm³/mol. The molecular formula is C15H18ClF3N2O. The van der Waals surface area contributed by atoms with Crippen LogP contribution in [0.25, 0.3) is 11.3 Å². The van der Waals surface area contributed by atoms with Crippen LogP contribution >= 0.6 is 12.4 Å². The van der Waals surface area contributed by atoms with Gasteiger partial charge in [-0.3, -0.25) is 4.90 Å². The topological polar surface area (TPSA) is 42.4 Å². The Kier molecular flexibility index (Phi) is 6.47. The maximum Gasteiger partial charge on any atom is 0.416 e. The third-order valence-electron chi connectivity index (χ3n) is 3.07. The fourth-order valence-electron chi connectivity index (χ4n) is 2.03. The first-order chi connectivity index (χ1) is 9.90. The molecule has 0 atom stereocenters. The Balaban J connectivity index is 0.00000242. The third kappa shape index (κ3) is 4.76. The SMILES string of the molecule is CN(CCN)Cc1ccc(-c2cccc(C(F)(F)F)c2)o1.Cl. The molecule has 1 heterocycles. The number of rotatable bonds is 5. The van der Waals surface area contributed by atoms with Gasteiger partial charge in [0, 0.05) is 18.7 Å². The maximum absolute atomic E-state index is 12.7. The van der Waals surface area contributed by atoms with E-state index in [0.717, 1.165) is 18.7 Å². The summed E-state index contributed by atoms with van der Waals surface area (Å²) >= 11 is 0. The summed E-state index contributed by atoms with van der Waals surface area (Å²) in [6, 6.07) is 8.56. The van der Waals surface area contributed by atoms with Gasteiger partial charge in [0.05, 0.1) is 12.1 Å². The number of halogens is 4. The van der Waals surface area contributed by atoms with Gasteiger partial charge in [-0.1, -0.05) is 12.1 Å². The monoisotopic (exact) mass is 334 g/mol. The van der Waals surface area contributed by atoms with Crippen LogP contribution in [-0.4, -0.2) is 25.0 Å². The molecule has 2 aromatic rings. The Hall–Kier alpha value is -1.50. The number of nitrogens with two attached hydrogens (primary N) is 1. The lowest BCUT2D eigenvalue weighted by molar-refractivity contribution is -0.137. The maximum atomic E-state index is 12.7. The first-order valence-electron chi connectivity index (χ1n) is 6.55. The van der Waals surface area contributed by atoms with Crippen LogP contribution in [0.4, 0.5) is 13.2 Å². The molecule has 1 aromatic heterocycles. The van der Waals surface area contributed by atoms with Crippen molar-refractivity contribution in [2.24, 2.45) is 5.73 Å². The first-order valence-corrected chi connectivity index (χ1v) is 6.55. The molecule has 0 saturated heterocycles. The van der Waals surface area contributed by atoms with E-state index in [-0.39, 0.29) is 12.4 Å². The van der Waals surface area contributed by atoms with Gasteiger partial charge in [0.15, 0.2) is 0 Å². The van der Waals surface area contributed by atoms with Gasteiger partial charge in [-0.25, -0.2) is 0 Å². The highest BCUT2D eigenvalue weighted by Crippen LogP contribution is 2.32. The summed E-state index contributed by atoms with van der Waals surface area (Å²) in [5.74, 6) is 1.12. The van der Waals surface area contributed by atoms with Crippen LogP contribution in [0.2, 0.25) is 0 Å². The van der Waals surface area contributed by atoms with E-state index in [4.69, 9.17) is 10.2 Å². The molecular weight excluding hydrogens is 317 g/mol. The second-order valence-electron chi connectivity index (χ2n) is 4.87. The van der Waals surface area contributed by atoms with Crippen molar-refractivity contribution in [3.8, 4) is 11.3 Å². The van der Waals surface area contributed by atoms with Crippen molar-refractivity contribution in [2.45, 2.75) is 12.7 Å². The van der Waals surface area contributed by atoms with E-state index in [9.17, 15) is 13.2 Å². The molecule has 0 radical (unpaired) electrons. The van der Waals surface area contributed by atoms with Gasteiger partial charge in [0.1, 0.15) is 11.5 Å². The average molecular weight is 335 g/mol. The number of alkyl halides is 3. The van der Waals surface area contributed by atoms with Crippen LogP contribution in [0.3, 0.4) is 0 Å². The van der Waals surface area contributed by atoms with Crippen molar-refractivity contribution in [2.75, 3.05) is 20.1 Å². The summed E-state index contributed by atoms with van der Waals surface area (Å²) in [5, 5.41) is 0. The van der Waals surface area contributed by atoms with Crippen LogP contribution in [0.1, 0.15) is 11.3 Å². The molecule has 1 aromatic carbocycles. The van der Waals surface area contributed by atoms with Crippen molar-refractivity contribution in [3.05, 3.63) is 47.7 Å². The molecule has 0 aliphatic heterocycles. The summed E-state index contributed by atoms with van der Waals surface area (Å²) in [7, 11) is 1.90. The molecule has 0 aliphatic rings. The smallest absolute Gasteiger partial charge is 0.416 e. The van der Waals surface area contributed by atoms with E-state index >= 15 is 0 Å². The molecule has 0 fully saturated rings. The zero-order valence-corrected chi connectivity index (χ0v) is 12.9. The molecule has 0 bridgehead atoms. The van der Waals surface area contributed by atoms with Gasteiger partial charge in [-0.2, -0.15) is 13.2 Å². The van der Waals surface area contributed by atoms with E-state index in [2.05, 4.69) is 0 Å². The van der Waals surface area contributed by atoms with Crippen molar-refractivity contribution in [1.29, 1.82) is 0 Å². The Morgan fingerprint density at radius 2 is 1.91 bits per heavy atom. The fourth-order valence-corrected chi connectivity index (χ4v) is 2.03. The van der Waals surface area contributed by atoms with Crippen LogP contribution in [-0.2, 0) is 12.7 Å². The van der Waals surface area contributed by atoms with Gasteiger partial charge in [0.2, 0.25) is 0 Å². The Bertz CT molecular complexity index is 598. The number of nitrogens with zero attached hydrogens (tertiary/aromatic N) is 1. The standard InChI is InChI=1S/C15H17F3N2O.ClH/c1-20(8-7-19)10-13-5-6-14(21-13)11-3-2-4-12(9-11)15(16,17)18;/h2-6,9H,7-8,10,19H2,1H3;1H. The molecule has 0 spiro atoms. The Morgan fingerprint density at radius 3 is 2.55 bits per heavy atom. The van der Waals surface area contributed by atoms with E-state index in [0.29, 0.717) is 30.2 Å². The molecule has 0 amide bonds. The van der Waals surface area contributed by atoms with Gasteiger partial charge >= 0.3 is 6.18 Å². The lowest BCUT2D eigenvalue weighted by Gasteiger charge is -2.13.